The van der Waals surface area contributed by atoms with Crippen LogP contribution in [0.3, 0.4) is 0 Å². The molecule has 2 N–H and O–H groups in total. The number of rotatable bonds is 13. The number of aromatic nitrogens is 3. The van der Waals surface area contributed by atoms with Crippen molar-refractivity contribution < 1.29 is 0 Å². The summed E-state index contributed by atoms with van der Waals surface area (Å²) in [4.78, 5) is 7.22. The normalized spacial score (nSPS) is 12.0. The van der Waals surface area contributed by atoms with Gasteiger partial charge in [0.2, 0.25) is 0 Å². The van der Waals surface area contributed by atoms with Crippen LogP contribution >= 0.6 is 35.7 Å². The van der Waals surface area contributed by atoms with Crippen LogP contribution < -0.4 is 10.6 Å². The Morgan fingerprint density at radius 2 is 1.89 bits per heavy atom. The second kappa shape index (κ2) is 16.3. The largest absolute Gasteiger partial charge is 0.355 e. The van der Waals surface area contributed by atoms with E-state index in [-0.39, 0.29) is 24.0 Å². The summed E-state index contributed by atoms with van der Waals surface area (Å²) in [6.07, 6.45) is 5.93. The fourth-order valence-corrected chi connectivity index (χ4v) is 3.44. The molecule has 0 atom stereocenters. The maximum Gasteiger partial charge on any atom is 0.191 e. The molecule has 9 heteroatoms. The summed E-state index contributed by atoms with van der Waals surface area (Å²) in [5.41, 5.74) is 0. The van der Waals surface area contributed by atoms with Crippen LogP contribution in [0.4, 0.5) is 0 Å². The molecule has 1 aromatic rings. The highest BCUT2D eigenvalue weighted by Crippen LogP contribution is 2.03. The van der Waals surface area contributed by atoms with E-state index in [2.05, 4.69) is 71.2 Å². The van der Waals surface area contributed by atoms with Crippen LogP contribution in [0.5, 0.6) is 0 Å². The minimum Gasteiger partial charge on any atom is -0.355 e. The van der Waals surface area contributed by atoms with Crippen LogP contribution in [0.15, 0.2) is 11.3 Å². The van der Waals surface area contributed by atoms with Crippen molar-refractivity contribution in [2.75, 3.05) is 38.2 Å². The predicted octanol–water partition coefficient (Wildman–Crippen LogP) is 2.87. The number of hydrogen-bond acceptors (Lipinski definition) is 5. The lowest BCUT2D eigenvalue weighted by Crippen LogP contribution is -2.45. The first-order chi connectivity index (χ1) is 13.0. The number of guanidine groups is 1. The highest BCUT2D eigenvalue weighted by molar-refractivity contribution is 14.0. The van der Waals surface area contributed by atoms with Crippen molar-refractivity contribution in [2.24, 2.45) is 4.99 Å². The van der Waals surface area contributed by atoms with E-state index in [9.17, 15) is 0 Å². The second-order valence-corrected chi connectivity index (χ2v) is 8.14. The highest BCUT2D eigenvalue weighted by Gasteiger charge is 2.12. The molecule has 164 valence electrons. The molecule has 1 heterocycles. The van der Waals surface area contributed by atoms with Gasteiger partial charge in [-0.25, -0.2) is 0 Å². The smallest absolute Gasteiger partial charge is 0.191 e. The van der Waals surface area contributed by atoms with Crippen LogP contribution in [0.2, 0.25) is 0 Å². The zero-order valence-electron chi connectivity index (χ0n) is 18.4. The summed E-state index contributed by atoms with van der Waals surface area (Å²) in [6, 6.07) is 1.09. The zero-order valence-corrected chi connectivity index (χ0v) is 21.6. The average Bonchev–Trinajstić information content (AvgIpc) is 3.08. The van der Waals surface area contributed by atoms with Crippen molar-refractivity contribution in [3.63, 3.8) is 0 Å². The van der Waals surface area contributed by atoms with Gasteiger partial charge >= 0.3 is 0 Å². The van der Waals surface area contributed by atoms with Crippen molar-refractivity contribution in [3.8, 4) is 0 Å². The lowest BCUT2D eigenvalue weighted by atomic mass is 10.2. The van der Waals surface area contributed by atoms with Gasteiger partial charge < -0.3 is 15.2 Å². The third-order valence-electron chi connectivity index (χ3n) is 4.42. The van der Waals surface area contributed by atoms with Gasteiger partial charge in [0.25, 0.3) is 0 Å². The van der Waals surface area contributed by atoms with Crippen LogP contribution in [0.1, 0.15) is 46.9 Å². The number of aliphatic imine (C=N–C) groups is 1. The third kappa shape index (κ3) is 10.8. The van der Waals surface area contributed by atoms with E-state index in [0.29, 0.717) is 12.1 Å². The van der Waals surface area contributed by atoms with Crippen LogP contribution in [0, 0.1) is 0 Å². The SMILES string of the molecule is CCc1nncn1CCNC(=NCCCSC)NCCN(C(C)C)C(C)C.I. The van der Waals surface area contributed by atoms with Gasteiger partial charge in [0.1, 0.15) is 12.2 Å². The minimum atomic E-state index is 0. The average molecular weight is 526 g/mol. The molecule has 0 saturated heterocycles. The monoisotopic (exact) mass is 525 g/mol. The van der Waals surface area contributed by atoms with Gasteiger partial charge in [-0.2, -0.15) is 11.8 Å². The molecule has 7 nitrogen and oxygen atoms in total. The van der Waals surface area contributed by atoms with Crippen molar-refractivity contribution in [2.45, 2.75) is 66.1 Å². The molecular weight excluding hydrogens is 485 g/mol. The number of thioether (sulfide) groups is 1. The van der Waals surface area contributed by atoms with Crippen LogP contribution in [-0.2, 0) is 13.0 Å². The molecule has 0 saturated carbocycles. The molecule has 0 fully saturated rings. The first kappa shape index (κ1) is 27.5. The predicted molar refractivity (Wildman–Crippen MR) is 133 cm³/mol. The summed E-state index contributed by atoms with van der Waals surface area (Å²) >= 11 is 1.87. The maximum absolute atomic E-state index is 4.73. The first-order valence-electron chi connectivity index (χ1n) is 10.1. The topological polar surface area (TPSA) is 70.4 Å². The Balaban J connectivity index is 0.00000729. The van der Waals surface area contributed by atoms with Crippen molar-refractivity contribution in [1.82, 2.24) is 30.3 Å². The lowest BCUT2D eigenvalue weighted by Gasteiger charge is -2.30. The van der Waals surface area contributed by atoms with Gasteiger partial charge in [-0.15, -0.1) is 34.2 Å². The first-order valence-corrected chi connectivity index (χ1v) is 11.5. The van der Waals surface area contributed by atoms with E-state index in [1.165, 1.54) is 0 Å². The van der Waals surface area contributed by atoms with Crippen LogP contribution in [-0.4, -0.2) is 75.9 Å². The lowest BCUT2D eigenvalue weighted by molar-refractivity contribution is 0.178. The van der Waals surface area contributed by atoms with Gasteiger partial charge in [0.15, 0.2) is 5.96 Å². The summed E-state index contributed by atoms with van der Waals surface area (Å²) in [6.45, 7) is 15.5. The summed E-state index contributed by atoms with van der Waals surface area (Å²) in [5, 5.41) is 15.1. The number of nitrogens with one attached hydrogen (secondary N) is 2. The minimum absolute atomic E-state index is 0. The Morgan fingerprint density at radius 1 is 1.21 bits per heavy atom. The molecule has 0 aliphatic rings. The molecule has 1 rings (SSSR count). The molecule has 0 aliphatic carbocycles. The molecule has 28 heavy (non-hydrogen) atoms. The van der Waals surface area contributed by atoms with E-state index in [0.717, 1.165) is 63.1 Å². The van der Waals surface area contributed by atoms with E-state index in [1.807, 2.05) is 11.8 Å². The highest BCUT2D eigenvalue weighted by atomic mass is 127. The molecule has 0 aliphatic heterocycles. The number of aryl methyl sites for hydroxylation is 1. The Kier molecular flexibility index (Phi) is 15.9. The summed E-state index contributed by atoms with van der Waals surface area (Å²) in [5.74, 6) is 3.06. The van der Waals surface area contributed by atoms with E-state index in [4.69, 9.17) is 4.99 Å². The van der Waals surface area contributed by atoms with E-state index >= 15 is 0 Å². The standard InChI is InChI=1S/C19H39N7S.HI/c1-7-18-24-23-15-25(18)12-10-21-19(20-9-8-14-27-6)22-11-13-26(16(2)3)17(4)5;/h15-17H,7-14H2,1-6H3,(H2,20,21,22);1H. The molecular formula is C19H40IN7S. The van der Waals surface area contributed by atoms with Gasteiger partial charge in [-0.1, -0.05) is 6.92 Å². The van der Waals surface area contributed by atoms with Crippen molar-refractivity contribution in [1.29, 1.82) is 0 Å². The Labute approximate surface area is 192 Å². The number of halogens is 1. The second-order valence-electron chi connectivity index (χ2n) is 7.15. The fourth-order valence-electron chi connectivity index (χ4n) is 3.02. The van der Waals surface area contributed by atoms with Crippen molar-refractivity contribution in [3.05, 3.63) is 12.2 Å². The maximum atomic E-state index is 4.73. The molecule has 0 unspecified atom stereocenters. The van der Waals surface area contributed by atoms with Gasteiger partial charge in [0.05, 0.1) is 0 Å². The molecule has 0 radical (unpaired) electrons. The zero-order chi connectivity index (χ0) is 20.1. The molecule has 1 aromatic heterocycles. The number of nitrogens with zero attached hydrogens (tertiary/aromatic N) is 5. The van der Waals surface area contributed by atoms with E-state index in [1.54, 1.807) is 6.33 Å². The van der Waals surface area contributed by atoms with Gasteiger partial charge in [-0.05, 0) is 46.1 Å². The number of hydrogen-bond donors (Lipinski definition) is 2. The van der Waals surface area contributed by atoms with Crippen molar-refractivity contribution >= 4 is 41.7 Å². The summed E-state index contributed by atoms with van der Waals surface area (Å²) in [7, 11) is 0. The van der Waals surface area contributed by atoms with Gasteiger partial charge in [-0.3, -0.25) is 9.89 Å². The molecule has 0 amide bonds. The molecule has 0 bridgehead atoms. The van der Waals surface area contributed by atoms with Gasteiger partial charge in [0, 0.05) is 51.2 Å². The van der Waals surface area contributed by atoms with E-state index < -0.39 is 0 Å². The Hall–Kier alpha value is -0.550. The Bertz CT molecular complexity index is 526. The van der Waals surface area contributed by atoms with Crippen LogP contribution in [0.25, 0.3) is 0 Å². The molecule has 0 spiro atoms. The Morgan fingerprint density at radius 3 is 2.50 bits per heavy atom. The fraction of sp³-hybridized carbons (Fsp3) is 0.842. The molecule has 0 aromatic carbocycles. The third-order valence-corrected chi connectivity index (χ3v) is 5.12. The summed E-state index contributed by atoms with van der Waals surface area (Å²) < 4.78 is 2.09. The quantitative estimate of drug-likeness (QED) is 0.179.